The van der Waals surface area contributed by atoms with E-state index in [-0.39, 0.29) is 18.2 Å². The molecule has 1 heterocycles. The molecule has 152 valence electrons. The molecule has 2 amide bonds. The molecule has 6 heteroatoms. The van der Waals surface area contributed by atoms with E-state index < -0.39 is 5.97 Å². The topological polar surface area (TPSA) is 75.7 Å². The fourth-order valence-electron chi connectivity index (χ4n) is 3.81. The summed E-state index contributed by atoms with van der Waals surface area (Å²) in [5.74, 6) is -0.641. The lowest BCUT2D eigenvalue weighted by molar-refractivity contribution is -0.116. The van der Waals surface area contributed by atoms with Crippen LogP contribution in [0.25, 0.3) is 10.8 Å². The van der Waals surface area contributed by atoms with E-state index in [0.29, 0.717) is 29.8 Å². The molecule has 0 saturated carbocycles. The lowest BCUT2D eigenvalue weighted by Crippen LogP contribution is -2.28. The van der Waals surface area contributed by atoms with Crippen LogP contribution in [-0.4, -0.2) is 31.4 Å². The Hall–Kier alpha value is -3.67. The molecule has 30 heavy (non-hydrogen) atoms. The summed E-state index contributed by atoms with van der Waals surface area (Å²) in [4.78, 5) is 38.7. The first-order valence-electron chi connectivity index (χ1n) is 9.82. The van der Waals surface area contributed by atoms with Crippen molar-refractivity contribution in [3.05, 3.63) is 71.3 Å². The summed E-state index contributed by atoms with van der Waals surface area (Å²) < 4.78 is 4.73. The van der Waals surface area contributed by atoms with Gasteiger partial charge in [0, 0.05) is 29.6 Å². The number of amides is 2. The molecule has 3 aromatic carbocycles. The highest BCUT2D eigenvalue weighted by molar-refractivity contribution is 6.25. The molecule has 0 aromatic heterocycles. The van der Waals surface area contributed by atoms with Gasteiger partial charge in [0.05, 0.1) is 18.4 Å². The Morgan fingerprint density at radius 1 is 1.07 bits per heavy atom. The van der Waals surface area contributed by atoms with Crippen LogP contribution in [0.5, 0.6) is 0 Å². The Labute approximate surface area is 174 Å². The van der Waals surface area contributed by atoms with Crippen LogP contribution in [0.1, 0.15) is 39.1 Å². The third kappa shape index (κ3) is 3.52. The van der Waals surface area contributed by atoms with Crippen molar-refractivity contribution in [2.45, 2.75) is 19.8 Å². The maximum absolute atomic E-state index is 12.8. The number of aryl methyl sites for hydroxylation is 1. The monoisotopic (exact) mass is 402 g/mol. The first-order valence-corrected chi connectivity index (χ1v) is 9.82. The predicted molar refractivity (Wildman–Crippen MR) is 116 cm³/mol. The Morgan fingerprint density at radius 2 is 1.83 bits per heavy atom. The van der Waals surface area contributed by atoms with Crippen LogP contribution in [0.4, 0.5) is 11.4 Å². The Bertz CT molecular complexity index is 1160. The van der Waals surface area contributed by atoms with Gasteiger partial charge >= 0.3 is 5.97 Å². The molecule has 0 aliphatic carbocycles. The van der Waals surface area contributed by atoms with Gasteiger partial charge < -0.3 is 15.0 Å². The second-order valence-corrected chi connectivity index (χ2v) is 7.31. The highest BCUT2D eigenvalue weighted by Crippen LogP contribution is 2.37. The van der Waals surface area contributed by atoms with Crippen molar-refractivity contribution in [3.63, 3.8) is 0 Å². The smallest absolute Gasteiger partial charge is 0.337 e. The number of rotatable bonds is 6. The molecule has 1 aliphatic heterocycles. The fourth-order valence-corrected chi connectivity index (χ4v) is 3.81. The highest BCUT2D eigenvalue weighted by Gasteiger charge is 2.29. The summed E-state index contributed by atoms with van der Waals surface area (Å²) >= 11 is 0. The molecule has 1 N–H and O–H groups in total. The van der Waals surface area contributed by atoms with Crippen LogP contribution in [-0.2, 0) is 9.53 Å². The van der Waals surface area contributed by atoms with Crippen molar-refractivity contribution >= 4 is 39.9 Å². The van der Waals surface area contributed by atoms with E-state index in [1.54, 1.807) is 23.1 Å². The largest absolute Gasteiger partial charge is 0.465 e. The van der Waals surface area contributed by atoms with Crippen molar-refractivity contribution in [1.82, 2.24) is 0 Å². The number of esters is 1. The summed E-state index contributed by atoms with van der Waals surface area (Å²) in [5, 5.41) is 4.87. The summed E-state index contributed by atoms with van der Waals surface area (Å²) in [5.41, 5.74) is 3.43. The number of hydrogen-bond donors (Lipinski definition) is 1. The van der Waals surface area contributed by atoms with Crippen molar-refractivity contribution in [2.75, 3.05) is 23.9 Å². The molecule has 3 aromatic rings. The molecule has 0 radical (unpaired) electrons. The van der Waals surface area contributed by atoms with Gasteiger partial charge in [0.15, 0.2) is 0 Å². The van der Waals surface area contributed by atoms with Crippen LogP contribution in [0.3, 0.4) is 0 Å². The SMILES string of the molecule is COC(=O)c1ccc(C)c(NC(=O)CCCN2C(=O)c3cccc4cccc2c34)c1. The third-order valence-corrected chi connectivity index (χ3v) is 5.37. The van der Waals surface area contributed by atoms with Gasteiger partial charge in [-0.2, -0.15) is 0 Å². The minimum atomic E-state index is -0.452. The number of carbonyl (C=O) groups excluding carboxylic acids is 3. The van der Waals surface area contributed by atoms with E-state index in [2.05, 4.69) is 5.32 Å². The number of methoxy groups -OCH3 is 1. The van der Waals surface area contributed by atoms with Gasteiger partial charge in [-0.3, -0.25) is 9.59 Å². The van der Waals surface area contributed by atoms with E-state index in [0.717, 1.165) is 22.0 Å². The highest BCUT2D eigenvalue weighted by atomic mass is 16.5. The summed E-state index contributed by atoms with van der Waals surface area (Å²) in [6, 6.07) is 16.7. The third-order valence-electron chi connectivity index (χ3n) is 5.37. The van der Waals surface area contributed by atoms with Crippen LogP contribution >= 0.6 is 0 Å². The second kappa shape index (κ2) is 7.99. The number of carbonyl (C=O) groups is 3. The quantitative estimate of drug-likeness (QED) is 0.623. The molecular formula is C24H22N2O4. The molecule has 6 nitrogen and oxygen atoms in total. The molecular weight excluding hydrogens is 380 g/mol. The maximum atomic E-state index is 12.8. The van der Waals surface area contributed by atoms with Crippen LogP contribution in [0, 0.1) is 6.92 Å². The van der Waals surface area contributed by atoms with Gasteiger partial charge in [-0.1, -0.05) is 30.3 Å². The van der Waals surface area contributed by atoms with Crippen LogP contribution < -0.4 is 10.2 Å². The summed E-state index contributed by atoms with van der Waals surface area (Å²) in [7, 11) is 1.32. The van der Waals surface area contributed by atoms with E-state index >= 15 is 0 Å². The Morgan fingerprint density at radius 3 is 2.60 bits per heavy atom. The minimum Gasteiger partial charge on any atom is -0.465 e. The van der Waals surface area contributed by atoms with Crippen LogP contribution in [0.15, 0.2) is 54.6 Å². The number of nitrogens with zero attached hydrogens (tertiary/aromatic N) is 1. The molecule has 0 atom stereocenters. The number of ether oxygens (including phenoxy) is 1. The number of anilines is 2. The standard InChI is InChI=1S/C24H22N2O4/c1-15-11-12-17(24(29)30-2)14-19(15)25-21(27)10-5-13-26-20-9-4-7-16-6-3-8-18(22(16)20)23(26)28/h3-4,6-9,11-12,14H,5,10,13H2,1-2H3,(H,25,27). The predicted octanol–water partition coefficient (Wildman–Crippen LogP) is 4.31. The first kappa shape index (κ1) is 19.6. The average Bonchev–Trinajstić information content (AvgIpc) is 3.03. The van der Waals surface area contributed by atoms with Gasteiger partial charge in [-0.05, 0) is 48.6 Å². The van der Waals surface area contributed by atoms with Gasteiger partial charge in [-0.15, -0.1) is 0 Å². The number of nitrogens with one attached hydrogen (secondary N) is 1. The zero-order valence-corrected chi connectivity index (χ0v) is 16.9. The lowest BCUT2D eigenvalue weighted by atomic mass is 10.1. The van der Waals surface area contributed by atoms with E-state index in [1.807, 2.05) is 43.3 Å². The molecule has 0 unspecified atom stereocenters. The zero-order chi connectivity index (χ0) is 21.3. The molecule has 0 fully saturated rings. The molecule has 0 spiro atoms. The van der Waals surface area contributed by atoms with Gasteiger partial charge in [0.2, 0.25) is 5.91 Å². The van der Waals surface area contributed by atoms with Crippen molar-refractivity contribution < 1.29 is 19.1 Å². The summed E-state index contributed by atoms with van der Waals surface area (Å²) in [6.07, 6.45) is 0.787. The Balaban J connectivity index is 1.40. The maximum Gasteiger partial charge on any atom is 0.337 e. The average molecular weight is 402 g/mol. The molecule has 0 saturated heterocycles. The normalized spacial score (nSPS) is 12.3. The van der Waals surface area contributed by atoms with Gasteiger partial charge in [0.1, 0.15) is 0 Å². The second-order valence-electron chi connectivity index (χ2n) is 7.31. The first-order chi connectivity index (χ1) is 14.5. The summed E-state index contributed by atoms with van der Waals surface area (Å²) in [6.45, 7) is 2.32. The van der Waals surface area contributed by atoms with Crippen molar-refractivity contribution in [2.24, 2.45) is 0 Å². The minimum absolute atomic E-state index is 0.0242. The molecule has 0 bridgehead atoms. The van der Waals surface area contributed by atoms with E-state index in [9.17, 15) is 14.4 Å². The molecule has 1 aliphatic rings. The molecule has 4 rings (SSSR count). The van der Waals surface area contributed by atoms with E-state index in [4.69, 9.17) is 4.74 Å². The zero-order valence-electron chi connectivity index (χ0n) is 16.9. The Kier molecular flexibility index (Phi) is 5.23. The van der Waals surface area contributed by atoms with Gasteiger partial charge in [0.25, 0.3) is 5.91 Å². The fraction of sp³-hybridized carbons (Fsp3) is 0.208. The number of benzene rings is 3. The van der Waals surface area contributed by atoms with E-state index in [1.165, 1.54) is 7.11 Å². The van der Waals surface area contributed by atoms with Gasteiger partial charge in [-0.25, -0.2) is 4.79 Å². The van der Waals surface area contributed by atoms with Crippen molar-refractivity contribution in [3.8, 4) is 0 Å². The number of hydrogen-bond acceptors (Lipinski definition) is 4. The van der Waals surface area contributed by atoms with Crippen molar-refractivity contribution in [1.29, 1.82) is 0 Å². The lowest BCUT2D eigenvalue weighted by Gasteiger charge is -2.17. The van der Waals surface area contributed by atoms with Crippen LogP contribution in [0.2, 0.25) is 0 Å².